The third-order valence-electron chi connectivity index (χ3n) is 4.39. The van der Waals surface area contributed by atoms with E-state index in [1.54, 1.807) is 30.6 Å². The van der Waals surface area contributed by atoms with Crippen molar-refractivity contribution in [2.24, 2.45) is 5.92 Å². The van der Waals surface area contributed by atoms with Crippen molar-refractivity contribution in [1.82, 2.24) is 15.0 Å². The highest BCUT2D eigenvalue weighted by molar-refractivity contribution is 7.89. The zero-order valence-electron chi connectivity index (χ0n) is 13.3. The van der Waals surface area contributed by atoms with Gasteiger partial charge in [0.15, 0.2) is 0 Å². The first-order valence-electron chi connectivity index (χ1n) is 8.11. The Labute approximate surface area is 137 Å². The minimum absolute atomic E-state index is 0.145. The van der Waals surface area contributed by atoms with Crippen LogP contribution in [0.15, 0.2) is 41.6 Å². The molecule has 3 rings (SSSR count). The zero-order valence-corrected chi connectivity index (χ0v) is 14.1. The summed E-state index contributed by atoms with van der Waals surface area (Å²) >= 11 is 0. The summed E-state index contributed by atoms with van der Waals surface area (Å²) in [7, 11) is -3.50. The van der Waals surface area contributed by atoms with Crippen LogP contribution in [0.2, 0.25) is 0 Å². The van der Waals surface area contributed by atoms with E-state index >= 15 is 0 Å². The van der Waals surface area contributed by atoms with Gasteiger partial charge in [0.1, 0.15) is 0 Å². The van der Waals surface area contributed by atoms with Gasteiger partial charge in [0.25, 0.3) is 0 Å². The highest BCUT2D eigenvalue weighted by atomic mass is 32.2. The zero-order chi connectivity index (χ0) is 16.3. The summed E-state index contributed by atoms with van der Waals surface area (Å²) in [5.74, 6) is 0.771. The lowest BCUT2D eigenvalue weighted by Gasteiger charge is -2.26. The Kier molecular flexibility index (Phi) is 4.94. The molecule has 23 heavy (non-hydrogen) atoms. The van der Waals surface area contributed by atoms with E-state index in [1.165, 1.54) is 19.3 Å². The molecule has 2 aromatic rings. The van der Waals surface area contributed by atoms with Gasteiger partial charge in [-0.05, 0) is 55.8 Å². The SMILES string of the molecule is C[C@@H](CNCC1CCC1)NS(=O)(=O)c1ccc2cnccc2c1. The maximum atomic E-state index is 12.5. The van der Waals surface area contributed by atoms with Crippen molar-refractivity contribution in [2.75, 3.05) is 13.1 Å². The van der Waals surface area contributed by atoms with Crippen LogP contribution >= 0.6 is 0 Å². The fraction of sp³-hybridized carbons (Fsp3) is 0.471. The summed E-state index contributed by atoms with van der Waals surface area (Å²) in [5.41, 5.74) is 0. The molecule has 1 heterocycles. The Hall–Kier alpha value is -1.50. The van der Waals surface area contributed by atoms with E-state index < -0.39 is 10.0 Å². The van der Waals surface area contributed by atoms with Crippen LogP contribution in [0.1, 0.15) is 26.2 Å². The second-order valence-electron chi connectivity index (χ2n) is 6.36. The number of rotatable bonds is 7. The normalized spacial score (nSPS) is 17.1. The van der Waals surface area contributed by atoms with E-state index in [0.29, 0.717) is 11.4 Å². The number of hydrogen-bond donors (Lipinski definition) is 2. The minimum atomic E-state index is -3.50. The van der Waals surface area contributed by atoms with Crippen LogP contribution in [0, 0.1) is 5.92 Å². The lowest BCUT2D eigenvalue weighted by Crippen LogP contribution is -2.41. The highest BCUT2D eigenvalue weighted by Gasteiger charge is 2.19. The van der Waals surface area contributed by atoms with Crippen LogP contribution in [0.25, 0.3) is 10.8 Å². The standard InChI is InChI=1S/C17H23N3O2S/c1-13(10-19-11-14-3-2-4-14)20-23(21,22)17-6-5-16-12-18-8-7-15(16)9-17/h5-9,12-14,19-20H,2-4,10-11H2,1H3/t13-/m0/s1. The summed E-state index contributed by atoms with van der Waals surface area (Å²) in [6.07, 6.45) is 7.30. The van der Waals surface area contributed by atoms with Gasteiger partial charge in [-0.1, -0.05) is 12.5 Å². The Morgan fingerprint density at radius 1 is 1.26 bits per heavy atom. The van der Waals surface area contributed by atoms with Gasteiger partial charge in [-0.2, -0.15) is 0 Å². The van der Waals surface area contributed by atoms with Crippen LogP contribution in [0.5, 0.6) is 0 Å². The van der Waals surface area contributed by atoms with Crippen LogP contribution in [0.4, 0.5) is 0 Å². The molecule has 0 saturated heterocycles. The number of nitrogens with zero attached hydrogens (tertiary/aromatic N) is 1. The molecule has 1 aromatic carbocycles. The van der Waals surface area contributed by atoms with E-state index in [1.807, 2.05) is 13.0 Å². The summed E-state index contributed by atoms with van der Waals surface area (Å²) in [5, 5.41) is 5.16. The van der Waals surface area contributed by atoms with Crippen molar-refractivity contribution >= 4 is 20.8 Å². The van der Waals surface area contributed by atoms with Gasteiger partial charge in [-0.25, -0.2) is 13.1 Å². The topological polar surface area (TPSA) is 71.1 Å². The number of nitrogens with one attached hydrogen (secondary N) is 2. The van der Waals surface area contributed by atoms with Crippen LogP contribution in [-0.2, 0) is 10.0 Å². The number of aromatic nitrogens is 1. The predicted molar refractivity (Wildman–Crippen MR) is 91.7 cm³/mol. The first-order chi connectivity index (χ1) is 11.0. The third-order valence-corrected chi connectivity index (χ3v) is 5.97. The molecule has 5 nitrogen and oxygen atoms in total. The van der Waals surface area contributed by atoms with Gasteiger partial charge in [0.2, 0.25) is 10.0 Å². The summed E-state index contributed by atoms with van der Waals surface area (Å²) < 4.78 is 27.7. The molecule has 0 radical (unpaired) electrons. The van der Waals surface area contributed by atoms with Crippen LogP contribution in [-0.4, -0.2) is 32.5 Å². The Bertz CT molecular complexity index is 772. The van der Waals surface area contributed by atoms with Crippen LogP contribution in [0.3, 0.4) is 0 Å². The number of pyridine rings is 1. The van der Waals surface area contributed by atoms with Crippen molar-refractivity contribution in [3.8, 4) is 0 Å². The van der Waals surface area contributed by atoms with Crippen molar-refractivity contribution in [3.63, 3.8) is 0 Å². The molecule has 1 saturated carbocycles. The van der Waals surface area contributed by atoms with Crippen LogP contribution < -0.4 is 10.0 Å². The molecule has 0 aliphatic heterocycles. The van der Waals surface area contributed by atoms with Gasteiger partial charge in [0.05, 0.1) is 4.90 Å². The monoisotopic (exact) mass is 333 g/mol. The van der Waals surface area contributed by atoms with E-state index in [2.05, 4.69) is 15.0 Å². The first kappa shape index (κ1) is 16.4. The molecule has 6 heteroatoms. The molecule has 1 aliphatic carbocycles. The minimum Gasteiger partial charge on any atom is -0.315 e. The lowest BCUT2D eigenvalue weighted by molar-refractivity contribution is 0.299. The van der Waals surface area contributed by atoms with Crippen molar-refractivity contribution in [3.05, 3.63) is 36.7 Å². The highest BCUT2D eigenvalue weighted by Crippen LogP contribution is 2.25. The third kappa shape index (κ3) is 4.07. The maximum Gasteiger partial charge on any atom is 0.240 e. The van der Waals surface area contributed by atoms with Crippen molar-refractivity contribution < 1.29 is 8.42 Å². The maximum absolute atomic E-state index is 12.5. The second-order valence-corrected chi connectivity index (χ2v) is 8.08. The number of sulfonamides is 1. The molecule has 0 spiro atoms. The van der Waals surface area contributed by atoms with E-state index in [0.717, 1.165) is 23.2 Å². The molecular formula is C17H23N3O2S. The second kappa shape index (κ2) is 6.95. The van der Waals surface area contributed by atoms with Gasteiger partial charge in [-0.15, -0.1) is 0 Å². The lowest BCUT2D eigenvalue weighted by atomic mass is 9.85. The molecule has 124 valence electrons. The van der Waals surface area contributed by atoms with Crippen molar-refractivity contribution in [1.29, 1.82) is 0 Å². The smallest absolute Gasteiger partial charge is 0.240 e. The largest absolute Gasteiger partial charge is 0.315 e. The van der Waals surface area contributed by atoms with E-state index in [-0.39, 0.29) is 6.04 Å². The quantitative estimate of drug-likeness (QED) is 0.815. The summed E-state index contributed by atoms with van der Waals surface area (Å²) in [4.78, 5) is 4.33. The van der Waals surface area contributed by atoms with Gasteiger partial charge < -0.3 is 5.32 Å². The summed E-state index contributed by atoms with van der Waals surface area (Å²) in [6.45, 7) is 3.51. The van der Waals surface area contributed by atoms with E-state index in [4.69, 9.17) is 0 Å². The Morgan fingerprint density at radius 2 is 2.09 bits per heavy atom. The summed E-state index contributed by atoms with van der Waals surface area (Å²) in [6, 6.07) is 6.77. The number of fused-ring (bicyclic) bond motifs is 1. The van der Waals surface area contributed by atoms with Gasteiger partial charge in [-0.3, -0.25) is 4.98 Å². The molecule has 0 bridgehead atoms. The molecular weight excluding hydrogens is 310 g/mol. The molecule has 1 aromatic heterocycles. The molecule has 1 atom stereocenters. The van der Waals surface area contributed by atoms with Gasteiger partial charge in [0, 0.05) is 30.4 Å². The molecule has 1 fully saturated rings. The molecule has 2 N–H and O–H groups in total. The number of benzene rings is 1. The number of hydrogen-bond acceptors (Lipinski definition) is 4. The van der Waals surface area contributed by atoms with Crippen molar-refractivity contribution in [2.45, 2.75) is 37.1 Å². The first-order valence-corrected chi connectivity index (χ1v) is 9.60. The van der Waals surface area contributed by atoms with E-state index in [9.17, 15) is 8.42 Å². The van der Waals surface area contributed by atoms with Gasteiger partial charge >= 0.3 is 0 Å². The molecule has 1 aliphatic rings. The Balaban J connectivity index is 1.62. The average molecular weight is 333 g/mol. The fourth-order valence-electron chi connectivity index (χ4n) is 2.80. The fourth-order valence-corrected chi connectivity index (χ4v) is 4.08. The molecule has 0 unspecified atom stereocenters. The Morgan fingerprint density at radius 3 is 2.83 bits per heavy atom. The predicted octanol–water partition coefficient (Wildman–Crippen LogP) is 2.29. The average Bonchev–Trinajstić information content (AvgIpc) is 2.49. The molecule has 0 amide bonds.